The molecule has 0 atom stereocenters. The van der Waals surface area contributed by atoms with Crippen LogP contribution in [0.3, 0.4) is 0 Å². The standard InChI is InChI=1S/C10H18N2.F6P/c1-2-3-4-5-6-8-12-9-7-11-10-12;1-7(2,3,4,5)6/h7,9-10H,2-6,8H2,1H3;/q;-1/p+1. The average molecular weight is 312 g/mol. The molecular formula is C10H19F6N2P. The summed E-state index contributed by atoms with van der Waals surface area (Å²) in [4.78, 5) is 3.04. The first-order valence-electron chi connectivity index (χ1n) is 5.96. The van der Waals surface area contributed by atoms with Crippen molar-refractivity contribution in [3.63, 3.8) is 0 Å². The predicted molar refractivity (Wildman–Crippen MR) is 63.3 cm³/mol. The molecule has 0 saturated heterocycles. The number of aryl methyl sites for hydroxylation is 1. The molecule has 0 amide bonds. The summed E-state index contributed by atoms with van der Waals surface area (Å²) in [5.41, 5.74) is 0. The molecule has 0 aromatic carbocycles. The average Bonchev–Trinajstić information content (AvgIpc) is 2.65. The number of hydrogen-bond acceptors (Lipinski definition) is 0. The summed E-state index contributed by atoms with van der Waals surface area (Å²) in [6, 6.07) is 0. The van der Waals surface area contributed by atoms with Gasteiger partial charge in [-0.2, -0.15) is 0 Å². The van der Waals surface area contributed by atoms with Crippen LogP contribution in [0.5, 0.6) is 0 Å². The normalized spacial score (nSPS) is 15.1. The van der Waals surface area contributed by atoms with Crippen LogP contribution >= 0.6 is 7.81 Å². The van der Waals surface area contributed by atoms with Crippen molar-refractivity contribution < 1.29 is 29.7 Å². The van der Waals surface area contributed by atoms with Crippen molar-refractivity contribution in [2.45, 2.75) is 45.6 Å². The van der Waals surface area contributed by atoms with Crippen LogP contribution in [0.1, 0.15) is 39.0 Å². The number of rotatable bonds is 6. The monoisotopic (exact) mass is 312 g/mol. The molecule has 116 valence electrons. The fourth-order valence-corrected chi connectivity index (χ4v) is 1.36. The molecule has 9 heteroatoms. The summed E-state index contributed by atoms with van der Waals surface area (Å²) in [6.07, 6.45) is 12.8. The van der Waals surface area contributed by atoms with Crippen LogP contribution < -0.4 is 4.57 Å². The number of nitrogens with one attached hydrogen (secondary N) is 1. The molecule has 1 rings (SSSR count). The predicted octanol–water partition coefficient (Wildman–Crippen LogP) is 5.66. The Morgan fingerprint density at radius 1 is 0.947 bits per heavy atom. The first-order chi connectivity index (χ1) is 8.38. The van der Waals surface area contributed by atoms with Crippen molar-refractivity contribution in [3.05, 3.63) is 18.7 Å². The summed E-state index contributed by atoms with van der Waals surface area (Å²) in [7, 11) is -10.7. The van der Waals surface area contributed by atoms with E-state index in [1.165, 1.54) is 32.1 Å². The molecule has 2 nitrogen and oxygen atoms in total. The van der Waals surface area contributed by atoms with E-state index in [1.54, 1.807) is 0 Å². The van der Waals surface area contributed by atoms with E-state index in [4.69, 9.17) is 0 Å². The molecule has 0 aliphatic rings. The number of aromatic nitrogens is 2. The molecule has 0 bridgehead atoms. The van der Waals surface area contributed by atoms with E-state index in [0.717, 1.165) is 6.54 Å². The van der Waals surface area contributed by atoms with Crippen LogP contribution in [0, 0.1) is 0 Å². The van der Waals surface area contributed by atoms with Gasteiger partial charge >= 0.3 is 33.0 Å². The van der Waals surface area contributed by atoms with Gasteiger partial charge < -0.3 is 0 Å². The fraction of sp³-hybridized carbons (Fsp3) is 0.700. The first-order valence-corrected chi connectivity index (χ1v) is 7.99. The van der Waals surface area contributed by atoms with Crippen molar-refractivity contribution >= 4 is 7.81 Å². The van der Waals surface area contributed by atoms with Crippen molar-refractivity contribution in [1.82, 2.24) is 4.98 Å². The fourth-order valence-electron chi connectivity index (χ4n) is 1.36. The number of imidazole rings is 1. The van der Waals surface area contributed by atoms with E-state index < -0.39 is 7.81 Å². The van der Waals surface area contributed by atoms with Gasteiger partial charge in [-0.25, -0.2) is 4.57 Å². The molecule has 0 aliphatic heterocycles. The van der Waals surface area contributed by atoms with Gasteiger partial charge in [0.1, 0.15) is 12.4 Å². The maximum atomic E-state index is 9.87. The molecular weight excluding hydrogens is 293 g/mol. The number of hydrogen-bond donors (Lipinski definition) is 1. The van der Waals surface area contributed by atoms with Gasteiger partial charge in [-0.15, -0.1) is 0 Å². The molecule has 1 aromatic rings. The zero-order valence-electron chi connectivity index (χ0n) is 10.6. The van der Waals surface area contributed by atoms with Crippen molar-refractivity contribution in [2.75, 3.05) is 0 Å². The number of aromatic amines is 1. The van der Waals surface area contributed by atoms with Crippen LogP contribution in [-0.2, 0) is 6.54 Å². The van der Waals surface area contributed by atoms with Crippen LogP contribution in [0.2, 0.25) is 0 Å². The van der Waals surface area contributed by atoms with Gasteiger partial charge in [-0.1, -0.05) is 26.2 Å². The number of nitrogens with zero attached hydrogens (tertiary/aromatic N) is 1. The van der Waals surface area contributed by atoms with E-state index in [1.807, 2.05) is 12.5 Å². The van der Waals surface area contributed by atoms with Gasteiger partial charge in [0, 0.05) is 0 Å². The van der Waals surface area contributed by atoms with Gasteiger partial charge in [-0.3, -0.25) is 4.98 Å². The molecule has 0 saturated carbocycles. The Hall–Kier alpha value is -0.780. The maximum absolute atomic E-state index is 10.7. The number of halogens is 6. The van der Waals surface area contributed by atoms with Crippen molar-refractivity contribution in [2.24, 2.45) is 0 Å². The second-order valence-corrected chi connectivity index (χ2v) is 6.14. The zero-order chi connectivity index (χ0) is 15.1. The van der Waals surface area contributed by atoms with E-state index in [2.05, 4.69) is 22.7 Å². The van der Waals surface area contributed by atoms with Crippen LogP contribution in [0.4, 0.5) is 25.2 Å². The molecule has 1 heterocycles. The van der Waals surface area contributed by atoms with Gasteiger partial charge in [0.25, 0.3) is 0 Å². The summed E-state index contributed by atoms with van der Waals surface area (Å²) >= 11 is 0. The minimum absolute atomic E-state index is 1.16. The Morgan fingerprint density at radius 2 is 1.47 bits per heavy atom. The molecule has 1 N–H and O–H groups in total. The first kappa shape index (κ1) is 18.2. The Morgan fingerprint density at radius 3 is 1.89 bits per heavy atom. The Balaban J connectivity index is 0.000000399. The SMILES string of the molecule is CCCCCCC[n+]1cc[nH]c1.F[P-](F)(F)(F)(F)F. The van der Waals surface area contributed by atoms with Gasteiger partial charge in [0.2, 0.25) is 6.33 Å². The third-order valence-corrected chi connectivity index (χ3v) is 2.12. The van der Waals surface area contributed by atoms with E-state index >= 15 is 0 Å². The van der Waals surface area contributed by atoms with Crippen LogP contribution in [0.25, 0.3) is 0 Å². The quantitative estimate of drug-likeness (QED) is 0.303. The summed E-state index contributed by atoms with van der Waals surface area (Å²) in [5, 5.41) is 0. The van der Waals surface area contributed by atoms with Gasteiger partial charge in [-0.05, 0) is 12.8 Å². The van der Waals surface area contributed by atoms with E-state index in [9.17, 15) is 25.2 Å². The zero-order valence-corrected chi connectivity index (χ0v) is 11.5. The summed E-state index contributed by atoms with van der Waals surface area (Å²) in [5.74, 6) is 0. The molecule has 0 aliphatic carbocycles. The molecule has 0 fully saturated rings. The Kier molecular flexibility index (Phi) is 5.86. The second-order valence-electron chi connectivity index (χ2n) is 4.22. The van der Waals surface area contributed by atoms with Crippen LogP contribution in [0.15, 0.2) is 18.7 Å². The summed E-state index contributed by atoms with van der Waals surface area (Å²) in [6.45, 7) is 3.41. The third-order valence-electron chi connectivity index (χ3n) is 2.12. The van der Waals surface area contributed by atoms with E-state index in [-0.39, 0.29) is 0 Å². The van der Waals surface area contributed by atoms with E-state index in [0.29, 0.717) is 0 Å². The molecule has 0 spiro atoms. The molecule has 19 heavy (non-hydrogen) atoms. The number of unbranched alkanes of at least 4 members (excludes halogenated alkanes) is 4. The third kappa shape index (κ3) is 22.8. The Bertz CT molecular complexity index is 333. The molecule has 1 aromatic heterocycles. The topological polar surface area (TPSA) is 19.7 Å². The van der Waals surface area contributed by atoms with Crippen molar-refractivity contribution in [3.8, 4) is 0 Å². The second kappa shape index (κ2) is 6.11. The van der Waals surface area contributed by atoms with Crippen LogP contribution in [-0.4, -0.2) is 4.98 Å². The molecule has 0 radical (unpaired) electrons. The van der Waals surface area contributed by atoms with Gasteiger partial charge in [0.05, 0.1) is 6.54 Å². The minimum atomic E-state index is -10.7. The number of H-pyrrole nitrogens is 1. The summed E-state index contributed by atoms with van der Waals surface area (Å²) < 4.78 is 61.4. The van der Waals surface area contributed by atoms with Gasteiger partial charge in [0.15, 0.2) is 0 Å². The molecule has 0 unspecified atom stereocenters. The Labute approximate surface area is 108 Å². The van der Waals surface area contributed by atoms with Crippen molar-refractivity contribution in [1.29, 1.82) is 0 Å².